The first-order valence-electron chi connectivity index (χ1n) is 8.06. The highest BCUT2D eigenvalue weighted by molar-refractivity contribution is 5.73. The van der Waals surface area contributed by atoms with Crippen molar-refractivity contribution in [1.82, 2.24) is 5.32 Å². The molecule has 2 rings (SSSR count). The summed E-state index contributed by atoms with van der Waals surface area (Å²) in [4.78, 5) is 11.4. The van der Waals surface area contributed by atoms with Gasteiger partial charge >= 0.3 is 0 Å². The van der Waals surface area contributed by atoms with Crippen LogP contribution in [0.1, 0.15) is 6.92 Å². The van der Waals surface area contributed by atoms with Crippen LogP contribution in [-0.2, 0) is 19.0 Å². The van der Waals surface area contributed by atoms with Crippen LogP contribution in [0.2, 0.25) is 0 Å². The second kappa shape index (κ2) is 11.2. The predicted octanol–water partition coefficient (Wildman–Crippen LogP) is -6.90. The molecule has 28 heavy (non-hydrogen) atoms. The monoisotopic (exact) mass is 419 g/mol. The second-order valence-corrected chi connectivity index (χ2v) is 6.26. The molecule has 0 aliphatic carbocycles. The first-order chi connectivity index (χ1) is 12.2. The Balaban J connectivity index is 0.00000364. The Morgan fingerprint density at radius 3 is 1.93 bits per heavy atom. The summed E-state index contributed by atoms with van der Waals surface area (Å²) in [5.74, 6) is -0.574. The summed E-state index contributed by atoms with van der Waals surface area (Å²) in [6.45, 7) is -0.195. The van der Waals surface area contributed by atoms with Gasteiger partial charge in [0.2, 0.25) is 5.91 Å². The van der Waals surface area contributed by atoms with Gasteiger partial charge in [-0.15, -0.1) is 0 Å². The lowest BCUT2D eigenvalue weighted by atomic mass is 9.95. The van der Waals surface area contributed by atoms with Crippen molar-refractivity contribution >= 4 is 5.91 Å². The molecule has 2 fully saturated rings. The van der Waals surface area contributed by atoms with E-state index in [1.54, 1.807) is 0 Å². The van der Waals surface area contributed by atoms with Crippen LogP contribution in [0.3, 0.4) is 0 Å². The smallest absolute Gasteiger partial charge is 0.217 e. The molecule has 12 N–H and O–H groups in total. The number of hydrogen-bond acceptors (Lipinski definition) is 11. The molecule has 2 aliphatic rings. The minimum absolute atomic E-state index is 0. The zero-order chi connectivity index (χ0) is 19.6. The van der Waals surface area contributed by atoms with Crippen molar-refractivity contribution in [2.75, 3.05) is 13.2 Å². The normalized spacial score (nSPS) is 43.4. The summed E-state index contributed by atoms with van der Waals surface area (Å²) in [6, 6.07) is -1.28. The van der Waals surface area contributed by atoms with Crippen molar-refractivity contribution in [2.24, 2.45) is 0 Å². The van der Waals surface area contributed by atoms with Gasteiger partial charge in [-0.1, -0.05) is 0 Å². The Morgan fingerprint density at radius 2 is 1.43 bits per heavy atom. The minimum atomic E-state index is -1.74. The molecule has 10 atom stereocenters. The molecule has 0 aromatic rings. The van der Waals surface area contributed by atoms with E-state index in [1.165, 1.54) is 0 Å². The second-order valence-electron chi connectivity index (χ2n) is 6.26. The highest BCUT2D eigenvalue weighted by Crippen LogP contribution is 2.28. The van der Waals surface area contributed by atoms with Crippen LogP contribution in [-0.4, -0.2) is 127 Å². The number of carbonyl (C=O) groups excluding carboxylic acids is 1. The Labute approximate surface area is 159 Å². The van der Waals surface area contributed by atoms with E-state index < -0.39 is 80.5 Å². The van der Waals surface area contributed by atoms with Gasteiger partial charge in [-0.25, -0.2) is 0 Å². The fourth-order valence-electron chi connectivity index (χ4n) is 2.97. The van der Waals surface area contributed by atoms with E-state index in [9.17, 15) is 40.5 Å². The molecule has 2 saturated heterocycles. The van der Waals surface area contributed by atoms with Gasteiger partial charge in [-0.05, 0) is 0 Å². The molecular weight excluding hydrogens is 390 g/mol. The lowest BCUT2D eigenvalue weighted by molar-refractivity contribution is -0.341. The van der Waals surface area contributed by atoms with Crippen molar-refractivity contribution in [3.05, 3.63) is 0 Å². The minimum Gasteiger partial charge on any atom is -0.412 e. The molecule has 0 saturated carbocycles. The Bertz CT molecular complexity index is 480. The van der Waals surface area contributed by atoms with Crippen molar-refractivity contribution in [3.63, 3.8) is 0 Å². The molecule has 168 valence electrons. The van der Waals surface area contributed by atoms with Crippen LogP contribution in [0.25, 0.3) is 0 Å². The molecule has 2 heterocycles. The Morgan fingerprint density at radius 1 is 0.893 bits per heavy atom. The number of ether oxygens (including phenoxy) is 3. The first-order valence-corrected chi connectivity index (χ1v) is 8.06. The molecule has 14 nitrogen and oxygen atoms in total. The highest BCUT2D eigenvalue weighted by Gasteiger charge is 2.50. The van der Waals surface area contributed by atoms with E-state index >= 15 is 0 Å². The summed E-state index contributed by atoms with van der Waals surface area (Å²) in [5, 5.41) is 70.7. The van der Waals surface area contributed by atoms with Gasteiger partial charge in [0.15, 0.2) is 12.6 Å². The van der Waals surface area contributed by atoms with Gasteiger partial charge < -0.3 is 66.2 Å². The Kier molecular flexibility index (Phi) is 10.8. The molecule has 1 amide bonds. The fourth-order valence-corrected chi connectivity index (χ4v) is 2.97. The van der Waals surface area contributed by atoms with Gasteiger partial charge in [-0.3, -0.25) is 4.79 Å². The van der Waals surface area contributed by atoms with Crippen molar-refractivity contribution in [2.45, 2.75) is 68.3 Å². The van der Waals surface area contributed by atoms with Crippen molar-refractivity contribution in [1.29, 1.82) is 0 Å². The molecule has 0 spiro atoms. The van der Waals surface area contributed by atoms with Crippen LogP contribution in [0, 0.1) is 0 Å². The van der Waals surface area contributed by atoms with Gasteiger partial charge in [0.25, 0.3) is 0 Å². The Hall–Kier alpha value is -1.01. The number of aliphatic hydroxyl groups is 7. The zero-order valence-electron chi connectivity index (χ0n) is 15.0. The molecule has 0 aromatic carbocycles. The van der Waals surface area contributed by atoms with E-state index in [1.807, 2.05) is 0 Å². The van der Waals surface area contributed by atoms with Gasteiger partial charge in [-0.2, -0.15) is 0 Å². The molecule has 14 heteroatoms. The third-order valence-electron chi connectivity index (χ3n) is 4.38. The van der Waals surface area contributed by atoms with Gasteiger partial charge in [0.1, 0.15) is 48.8 Å². The van der Waals surface area contributed by atoms with E-state index in [0.29, 0.717) is 0 Å². The summed E-state index contributed by atoms with van der Waals surface area (Å²) in [7, 11) is 0. The highest BCUT2D eigenvalue weighted by atomic mass is 16.7. The van der Waals surface area contributed by atoms with Crippen molar-refractivity contribution in [3.8, 4) is 0 Å². The van der Waals surface area contributed by atoms with Crippen LogP contribution in [0.15, 0.2) is 0 Å². The number of rotatable bonds is 5. The maximum Gasteiger partial charge on any atom is 0.217 e. The molecule has 0 aromatic heterocycles. The first kappa shape index (κ1) is 27.0. The SMILES string of the molecule is CC(=O)N[C@@H]1[C@@H](O[C@@H]2O[C@H](CO)[C@H](O)[C@H](O)[C@H]2O)[C@H](O)[C@@H](CO)O[C@@H]1O.O.O. The topological polar surface area (TPSA) is 261 Å². The van der Waals surface area contributed by atoms with E-state index in [-0.39, 0.29) is 11.0 Å². The van der Waals surface area contributed by atoms with E-state index in [2.05, 4.69) is 5.32 Å². The maximum atomic E-state index is 11.4. The van der Waals surface area contributed by atoms with Crippen molar-refractivity contribution < 1.29 is 65.7 Å². The van der Waals surface area contributed by atoms with Gasteiger partial charge in [0.05, 0.1) is 13.2 Å². The standard InChI is InChI=1S/C14H25NO11.2H2O/c1-4(18)15-7-12(9(20)6(3-17)24-13(7)23)26-14-11(22)10(21)8(19)5(2-16)25-14;;/h5-14,16-17,19-23H,2-3H2,1H3,(H,15,18);2*1H2/t5-,6-,7-,8+,9-,10+,11-,12-,13+,14+;;/m1../s1. The third kappa shape index (κ3) is 5.53. The average Bonchev–Trinajstić information content (AvgIpc) is 2.60. The quantitative estimate of drug-likeness (QED) is 0.207. The average molecular weight is 419 g/mol. The largest absolute Gasteiger partial charge is 0.412 e. The number of hydrogen-bond donors (Lipinski definition) is 8. The van der Waals surface area contributed by atoms with Crippen LogP contribution in [0.4, 0.5) is 0 Å². The molecule has 0 radical (unpaired) electrons. The number of carbonyl (C=O) groups is 1. The number of aliphatic hydroxyl groups excluding tert-OH is 7. The summed E-state index contributed by atoms with van der Waals surface area (Å²) in [6.07, 6.45) is -13.7. The van der Waals surface area contributed by atoms with E-state index in [0.717, 1.165) is 6.92 Å². The van der Waals surface area contributed by atoms with E-state index in [4.69, 9.17) is 14.2 Å². The maximum absolute atomic E-state index is 11.4. The van der Waals surface area contributed by atoms with Crippen LogP contribution in [0.5, 0.6) is 0 Å². The summed E-state index contributed by atoms with van der Waals surface area (Å²) in [5.41, 5.74) is 0. The summed E-state index contributed by atoms with van der Waals surface area (Å²) < 4.78 is 15.7. The molecule has 2 aliphatic heterocycles. The number of amides is 1. The third-order valence-corrected chi connectivity index (χ3v) is 4.38. The van der Waals surface area contributed by atoms with Crippen LogP contribution < -0.4 is 5.32 Å². The lowest BCUT2D eigenvalue weighted by Crippen LogP contribution is -2.67. The lowest BCUT2D eigenvalue weighted by Gasteiger charge is -2.46. The van der Waals surface area contributed by atoms with Gasteiger partial charge in [0, 0.05) is 6.92 Å². The number of nitrogens with one attached hydrogen (secondary N) is 1. The molecule has 0 bridgehead atoms. The molecular formula is C14H29NO13. The van der Waals surface area contributed by atoms with Crippen LogP contribution >= 0.6 is 0 Å². The predicted molar refractivity (Wildman–Crippen MR) is 87.4 cm³/mol. The summed E-state index contributed by atoms with van der Waals surface area (Å²) >= 11 is 0. The fraction of sp³-hybridized carbons (Fsp3) is 0.929. The zero-order valence-corrected chi connectivity index (χ0v) is 15.0. The molecule has 0 unspecified atom stereocenters.